The topological polar surface area (TPSA) is 26.0 Å². The van der Waals surface area contributed by atoms with Gasteiger partial charge in [-0.3, -0.25) is 0 Å². The summed E-state index contributed by atoms with van der Waals surface area (Å²) >= 11 is 3.46. The second-order valence-electron chi connectivity index (χ2n) is 6.71. The van der Waals surface area contributed by atoms with Crippen LogP contribution >= 0.6 is 15.9 Å². The molecule has 1 aliphatic carbocycles. The van der Waals surface area contributed by atoms with E-state index in [1.807, 2.05) is 6.07 Å². The first kappa shape index (κ1) is 16.0. The highest BCUT2D eigenvalue weighted by molar-refractivity contribution is 9.10. The fraction of sp³-hybridized carbons (Fsp3) is 0.647. The van der Waals surface area contributed by atoms with Crippen molar-refractivity contribution in [1.29, 1.82) is 0 Å². The molecule has 1 fully saturated rings. The van der Waals surface area contributed by atoms with Crippen LogP contribution < -0.4 is 5.73 Å². The lowest BCUT2D eigenvalue weighted by atomic mass is 9.71. The zero-order valence-electron chi connectivity index (χ0n) is 12.5. The predicted molar refractivity (Wildman–Crippen MR) is 86.1 cm³/mol. The van der Waals surface area contributed by atoms with Crippen LogP contribution in [0.25, 0.3) is 0 Å². The van der Waals surface area contributed by atoms with Crippen molar-refractivity contribution in [3.63, 3.8) is 0 Å². The van der Waals surface area contributed by atoms with Gasteiger partial charge in [0.1, 0.15) is 5.82 Å². The first-order valence-electron chi connectivity index (χ1n) is 7.62. The summed E-state index contributed by atoms with van der Waals surface area (Å²) in [5.41, 5.74) is 7.99. The number of benzene rings is 1. The Morgan fingerprint density at radius 3 is 2.50 bits per heavy atom. The number of rotatable bonds is 5. The number of halogens is 2. The van der Waals surface area contributed by atoms with Crippen molar-refractivity contribution in [1.82, 2.24) is 0 Å². The normalized spacial score (nSPS) is 19.5. The van der Waals surface area contributed by atoms with Gasteiger partial charge >= 0.3 is 0 Å². The van der Waals surface area contributed by atoms with Crippen LogP contribution in [0, 0.1) is 17.2 Å². The average molecular weight is 342 g/mol. The molecule has 3 heteroatoms. The fourth-order valence-corrected chi connectivity index (χ4v) is 4.27. The maximum Gasteiger partial charge on any atom is 0.124 e. The average Bonchev–Trinajstić information content (AvgIpc) is 2.81. The summed E-state index contributed by atoms with van der Waals surface area (Å²) in [7, 11) is 0. The lowest BCUT2D eigenvalue weighted by Crippen LogP contribution is -2.42. The van der Waals surface area contributed by atoms with E-state index in [0.29, 0.717) is 5.92 Å². The van der Waals surface area contributed by atoms with Crippen LogP contribution in [0.5, 0.6) is 0 Å². The van der Waals surface area contributed by atoms with Crippen LogP contribution in [0.4, 0.5) is 4.39 Å². The fourth-order valence-electron chi connectivity index (χ4n) is 3.76. The number of hydrogen-bond acceptors (Lipinski definition) is 1. The van der Waals surface area contributed by atoms with Crippen molar-refractivity contribution < 1.29 is 4.39 Å². The van der Waals surface area contributed by atoms with E-state index in [1.54, 1.807) is 0 Å². The van der Waals surface area contributed by atoms with Crippen LogP contribution in [-0.4, -0.2) is 6.04 Å². The molecule has 2 N–H and O–H groups in total. The minimum atomic E-state index is -0.202. The SMILES string of the molecule is CC(C)CC1(C(N)Cc2ccc(F)cc2Br)CCCC1. The van der Waals surface area contributed by atoms with Crippen molar-refractivity contribution in [3.8, 4) is 0 Å². The van der Waals surface area contributed by atoms with Gasteiger partial charge in [0.2, 0.25) is 0 Å². The molecule has 0 aliphatic heterocycles. The van der Waals surface area contributed by atoms with Gasteiger partial charge in [0, 0.05) is 10.5 Å². The summed E-state index contributed by atoms with van der Waals surface area (Å²) in [4.78, 5) is 0. The van der Waals surface area contributed by atoms with Crippen LogP contribution in [0.2, 0.25) is 0 Å². The van der Waals surface area contributed by atoms with E-state index in [0.717, 1.165) is 16.5 Å². The first-order valence-corrected chi connectivity index (χ1v) is 8.42. The molecule has 20 heavy (non-hydrogen) atoms. The summed E-state index contributed by atoms with van der Waals surface area (Å²) < 4.78 is 14.0. The van der Waals surface area contributed by atoms with Crippen molar-refractivity contribution in [3.05, 3.63) is 34.1 Å². The Balaban J connectivity index is 2.14. The van der Waals surface area contributed by atoms with E-state index < -0.39 is 0 Å². The van der Waals surface area contributed by atoms with E-state index in [-0.39, 0.29) is 17.3 Å². The monoisotopic (exact) mass is 341 g/mol. The third-order valence-electron chi connectivity index (χ3n) is 4.66. The minimum Gasteiger partial charge on any atom is -0.327 e. The van der Waals surface area contributed by atoms with Gasteiger partial charge < -0.3 is 5.73 Å². The van der Waals surface area contributed by atoms with Gasteiger partial charge in [-0.2, -0.15) is 0 Å². The smallest absolute Gasteiger partial charge is 0.124 e. The highest BCUT2D eigenvalue weighted by Gasteiger charge is 2.39. The summed E-state index contributed by atoms with van der Waals surface area (Å²) in [6.07, 6.45) is 7.10. The van der Waals surface area contributed by atoms with E-state index in [2.05, 4.69) is 29.8 Å². The molecule has 0 bridgehead atoms. The molecule has 1 nitrogen and oxygen atoms in total. The Morgan fingerprint density at radius 1 is 1.30 bits per heavy atom. The Labute approximate surface area is 130 Å². The standard InChI is InChI=1S/C17H25BrFN/c1-12(2)11-17(7-3-4-8-17)16(20)9-13-5-6-14(19)10-15(13)18/h5-6,10,12,16H,3-4,7-9,11,20H2,1-2H3. The molecule has 1 atom stereocenters. The lowest BCUT2D eigenvalue weighted by molar-refractivity contribution is 0.181. The summed E-state index contributed by atoms with van der Waals surface area (Å²) in [6, 6.07) is 5.08. The molecular weight excluding hydrogens is 317 g/mol. The van der Waals surface area contributed by atoms with E-state index >= 15 is 0 Å². The van der Waals surface area contributed by atoms with Gasteiger partial charge in [0.05, 0.1) is 0 Å². The molecule has 0 amide bonds. The Morgan fingerprint density at radius 2 is 1.95 bits per heavy atom. The third-order valence-corrected chi connectivity index (χ3v) is 5.39. The van der Waals surface area contributed by atoms with Gasteiger partial charge in [0.15, 0.2) is 0 Å². The van der Waals surface area contributed by atoms with E-state index in [4.69, 9.17) is 5.73 Å². The predicted octanol–water partition coefficient (Wildman–Crippen LogP) is 5.06. The van der Waals surface area contributed by atoms with Gasteiger partial charge in [-0.1, -0.05) is 48.7 Å². The van der Waals surface area contributed by atoms with Gasteiger partial charge in [-0.25, -0.2) is 4.39 Å². The largest absolute Gasteiger partial charge is 0.327 e. The van der Waals surface area contributed by atoms with Crippen molar-refractivity contribution in [2.75, 3.05) is 0 Å². The van der Waals surface area contributed by atoms with Crippen molar-refractivity contribution in [2.45, 2.75) is 58.4 Å². The summed E-state index contributed by atoms with van der Waals surface area (Å²) in [5, 5.41) is 0. The molecule has 1 unspecified atom stereocenters. The minimum absolute atomic E-state index is 0.161. The molecule has 0 aromatic heterocycles. The molecule has 1 aliphatic rings. The van der Waals surface area contributed by atoms with E-state index in [9.17, 15) is 4.39 Å². The highest BCUT2D eigenvalue weighted by Crippen LogP contribution is 2.46. The highest BCUT2D eigenvalue weighted by atomic mass is 79.9. The third kappa shape index (κ3) is 3.62. The Hall–Kier alpha value is -0.410. The van der Waals surface area contributed by atoms with Crippen LogP contribution in [-0.2, 0) is 6.42 Å². The number of hydrogen-bond donors (Lipinski definition) is 1. The molecular formula is C17H25BrFN. The second-order valence-corrected chi connectivity index (χ2v) is 7.57. The van der Waals surface area contributed by atoms with E-state index in [1.165, 1.54) is 44.2 Å². The zero-order valence-corrected chi connectivity index (χ0v) is 14.0. The van der Waals surface area contributed by atoms with Crippen LogP contribution in [0.3, 0.4) is 0 Å². The second kappa shape index (κ2) is 6.57. The summed E-state index contributed by atoms with van der Waals surface area (Å²) in [6.45, 7) is 4.56. The van der Waals surface area contributed by atoms with Gasteiger partial charge in [0.25, 0.3) is 0 Å². The molecule has 1 aromatic carbocycles. The lowest BCUT2D eigenvalue weighted by Gasteiger charge is -2.37. The van der Waals surface area contributed by atoms with Crippen LogP contribution in [0.1, 0.15) is 51.5 Å². The van der Waals surface area contributed by atoms with Crippen molar-refractivity contribution >= 4 is 15.9 Å². The number of nitrogens with two attached hydrogens (primary N) is 1. The molecule has 2 rings (SSSR count). The zero-order chi connectivity index (χ0) is 14.8. The summed E-state index contributed by atoms with van der Waals surface area (Å²) in [5.74, 6) is 0.475. The Bertz CT molecular complexity index is 452. The molecule has 1 saturated carbocycles. The molecule has 0 heterocycles. The molecule has 112 valence electrons. The molecule has 0 spiro atoms. The maximum atomic E-state index is 13.2. The molecule has 0 radical (unpaired) electrons. The van der Waals surface area contributed by atoms with Crippen LogP contribution in [0.15, 0.2) is 22.7 Å². The Kier molecular flexibility index (Phi) is 5.25. The quantitative estimate of drug-likeness (QED) is 0.795. The van der Waals surface area contributed by atoms with Crippen molar-refractivity contribution in [2.24, 2.45) is 17.1 Å². The van der Waals surface area contributed by atoms with Gasteiger partial charge in [-0.05, 0) is 54.7 Å². The molecule has 1 aromatic rings. The van der Waals surface area contributed by atoms with Gasteiger partial charge in [-0.15, -0.1) is 0 Å². The molecule has 0 saturated heterocycles. The maximum absolute atomic E-state index is 13.2. The first-order chi connectivity index (χ1) is 9.43.